The second-order valence-corrected chi connectivity index (χ2v) is 7.52. The highest BCUT2D eigenvalue weighted by Gasteiger charge is 2.46. The number of nitrogens with one attached hydrogen (secondary N) is 1. The van der Waals surface area contributed by atoms with Crippen LogP contribution in [-0.2, 0) is 23.2 Å². The molecule has 4 rings (SSSR count). The van der Waals surface area contributed by atoms with Crippen LogP contribution in [0.2, 0.25) is 0 Å². The van der Waals surface area contributed by atoms with Gasteiger partial charge in [0.05, 0.1) is 5.41 Å². The van der Waals surface area contributed by atoms with Gasteiger partial charge in [-0.1, -0.05) is 25.0 Å². The number of carbonyl (C=O) groups is 1. The summed E-state index contributed by atoms with van der Waals surface area (Å²) in [6.07, 6.45) is 4.91. The topological polar surface area (TPSA) is 53.2 Å². The Kier molecular flexibility index (Phi) is 3.60. The molecule has 1 N–H and O–H groups in total. The molecule has 0 radical (unpaired) electrons. The van der Waals surface area contributed by atoms with Crippen molar-refractivity contribution in [1.29, 1.82) is 0 Å². The molecule has 1 amide bonds. The zero-order valence-corrected chi connectivity index (χ0v) is 13.8. The molecule has 0 aromatic carbocycles. The molecule has 120 valence electrons. The van der Waals surface area contributed by atoms with Gasteiger partial charge in [-0.3, -0.25) is 9.59 Å². The maximum absolute atomic E-state index is 13.4. The van der Waals surface area contributed by atoms with Crippen LogP contribution in [0.25, 0.3) is 0 Å². The van der Waals surface area contributed by atoms with E-state index in [4.69, 9.17) is 0 Å². The van der Waals surface area contributed by atoms with Gasteiger partial charge in [-0.25, -0.2) is 0 Å². The molecule has 1 aliphatic carbocycles. The van der Waals surface area contributed by atoms with Crippen molar-refractivity contribution in [3.05, 3.63) is 56.1 Å². The molecule has 3 heterocycles. The Bertz CT molecular complexity index is 773. The maximum Gasteiger partial charge on any atom is 0.248 e. The van der Waals surface area contributed by atoms with Gasteiger partial charge in [0, 0.05) is 36.1 Å². The Balaban J connectivity index is 1.64. The van der Waals surface area contributed by atoms with E-state index in [-0.39, 0.29) is 16.9 Å². The van der Waals surface area contributed by atoms with E-state index in [2.05, 4.69) is 16.4 Å². The van der Waals surface area contributed by atoms with Gasteiger partial charge < -0.3 is 9.88 Å². The van der Waals surface area contributed by atoms with Crippen LogP contribution in [0, 0.1) is 0 Å². The van der Waals surface area contributed by atoms with Crippen LogP contribution in [0.4, 0.5) is 0 Å². The van der Waals surface area contributed by atoms with E-state index in [0.717, 1.165) is 43.4 Å². The minimum Gasteiger partial charge on any atom is -0.337 e. The van der Waals surface area contributed by atoms with Gasteiger partial charge in [0.25, 0.3) is 0 Å². The van der Waals surface area contributed by atoms with Crippen molar-refractivity contribution < 1.29 is 4.79 Å². The molecule has 5 heteroatoms. The first kappa shape index (κ1) is 14.7. The first-order chi connectivity index (χ1) is 11.2. The fourth-order valence-corrected chi connectivity index (χ4v) is 5.00. The molecular formula is C18H20N2O2S. The van der Waals surface area contributed by atoms with Gasteiger partial charge in [0.1, 0.15) is 0 Å². The van der Waals surface area contributed by atoms with Crippen LogP contribution < -0.4 is 5.56 Å². The second-order valence-electron chi connectivity index (χ2n) is 6.57. The molecule has 2 aliphatic rings. The number of carbonyl (C=O) groups excluding carboxylic acids is 1. The van der Waals surface area contributed by atoms with E-state index >= 15 is 0 Å². The van der Waals surface area contributed by atoms with E-state index in [0.29, 0.717) is 13.1 Å². The molecule has 2 aromatic rings. The van der Waals surface area contributed by atoms with Crippen molar-refractivity contribution in [1.82, 2.24) is 9.88 Å². The van der Waals surface area contributed by atoms with Crippen molar-refractivity contribution in [3.63, 3.8) is 0 Å². The molecule has 2 aromatic heterocycles. The number of aromatic amines is 1. The monoisotopic (exact) mass is 328 g/mol. The van der Waals surface area contributed by atoms with Gasteiger partial charge in [-0.2, -0.15) is 0 Å². The lowest BCUT2D eigenvalue weighted by Crippen LogP contribution is -2.47. The standard InChI is InChI=1S/C18H20N2O2S/c21-16-6-5-13-12-20(10-7-14(13)19-16)17(22)18(8-1-2-9-18)15-4-3-11-23-15/h3-6,11H,1-2,7-10,12H2,(H,19,21). The molecule has 0 atom stereocenters. The highest BCUT2D eigenvalue weighted by molar-refractivity contribution is 7.10. The van der Waals surface area contributed by atoms with Crippen LogP contribution >= 0.6 is 11.3 Å². The predicted octanol–water partition coefficient (Wildman–Crippen LogP) is 2.83. The molecule has 0 unspecified atom stereocenters. The molecule has 1 fully saturated rings. The van der Waals surface area contributed by atoms with Crippen LogP contribution in [0.15, 0.2) is 34.4 Å². The Labute approximate surface area is 139 Å². The highest BCUT2D eigenvalue weighted by atomic mass is 32.1. The highest BCUT2D eigenvalue weighted by Crippen LogP contribution is 2.45. The lowest BCUT2D eigenvalue weighted by atomic mass is 9.82. The lowest BCUT2D eigenvalue weighted by molar-refractivity contribution is -0.138. The van der Waals surface area contributed by atoms with Gasteiger partial charge in [0.15, 0.2) is 0 Å². The first-order valence-corrected chi connectivity index (χ1v) is 9.11. The minimum atomic E-state index is -0.312. The molecule has 0 bridgehead atoms. The number of H-pyrrole nitrogens is 1. The molecule has 0 saturated heterocycles. The molecule has 1 aliphatic heterocycles. The van der Waals surface area contributed by atoms with Crippen molar-refractivity contribution in [2.45, 2.75) is 44.1 Å². The number of amides is 1. The van der Waals surface area contributed by atoms with Crippen LogP contribution in [0.1, 0.15) is 41.8 Å². The van der Waals surface area contributed by atoms with E-state index in [9.17, 15) is 9.59 Å². The lowest BCUT2D eigenvalue weighted by Gasteiger charge is -2.36. The van der Waals surface area contributed by atoms with E-state index < -0.39 is 0 Å². The quantitative estimate of drug-likeness (QED) is 0.921. The Morgan fingerprint density at radius 1 is 1.22 bits per heavy atom. The normalized spacial score (nSPS) is 19.6. The average molecular weight is 328 g/mol. The van der Waals surface area contributed by atoms with Gasteiger partial charge in [-0.05, 0) is 29.9 Å². The Morgan fingerprint density at radius 3 is 2.78 bits per heavy atom. The second kappa shape index (κ2) is 5.64. The third kappa shape index (κ3) is 2.43. The summed E-state index contributed by atoms with van der Waals surface area (Å²) in [5.41, 5.74) is 1.68. The summed E-state index contributed by atoms with van der Waals surface area (Å²) >= 11 is 1.70. The summed E-state index contributed by atoms with van der Waals surface area (Å²) in [5.74, 6) is 0.273. The van der Waals surface area contributed by atoms with Gasteiger partial charge in [0.2, 0.25) is 11.5 Å². The molecule has 0 spiro atoms. The summed E-state index contributed by atoms with van der Waals surface area (Å²) in [4.78, 5) is 30.9. The molecule has 1 saturated carbocycles. The van der Waals surface area contributed by atoms with E-state index in [1.807, 2.05) is 17.0 Å². The minimum absolute atomic E-state index is 0.0608. The van der Waals surface area contributed by atoms with Crippen molar-refractivity contribution in [2.75, 3.05) is 6.54 Å². The number of rotatable bonds is 2. The summed E-state index contributed by atoms with van der Waals surface area (Å²) < 4.78 is 0. The fraction of sp³-hybridized carbons (Fsp3) is 0.444. The zero-order valence-electron chi connectivity index (χ0n) is 13.0. The fourth-order valence-electron chi connectivity index (χ4n) is 4.02. The third-order valence-corrected chi connectivity index (χ3v) is 6.31. The summed E-state index contributed by atoms with van der Waals surface area (Å²) in [6, 6.07) is 7.57. The smallest absolute Gasteiger partial charge is 0.248 e. The van der Waals surface area contributed by atoms with Crippen molar-refractivity contribution >= 4 is 17.2 Å². The van der Waals surface area contributed by atoms with Crippen LogP contribution in [0.3, 0.4) is 0 Å². The SMILES string of the molecule is O=C(N1CCc2[nH]c(=O)ccc2C1)C1(c2cccs2)CCCC1. The predicted molar refractivity (Wildman–Crippen MR) is 90.6 cm³/mol. The Hall–Kier alpha value is -1.88. The summed E-state index contributed by atoms with van der Waals surface area (Å²) in [7, 11) is 0. The largest absolute Gasteiger partial charge is 0.337 e. The first-order valence-electron chi connectivity index (χ1n) is 8.23. The van der Waals surface area contributed by atoms with Gasteiger partial charge >= 0.3 is 0 Å². The van der Waals surface area contributed by atoms with Crippen LogP contribution in [0.5, 0.6) is 0 Å². The van der Waals surface area contributed by atoms with E-state index in [1.165, 1.54) is 4.88 Å². The molecule has 4 nitrogen and oxygen atoms in total. The van der Waals surface area contributed by atoms with Crippen LogP contribution in [-0.4, -0.2) is 22.3 Å². The number of aromatic nitrogens is 1. The number of pyridine rings is 1. The summed E-state index contributed by atoms with van der Waals surface area (Å²) in [5, 5.41) is 2.07. The number of hydrogen-bond acceptors (Lipinski definition) is 3. The summed E-state index contributed by atoms with van der Waals surface area (Å²) in [6.45, 7) is 1.30. The van der Waals surface area contributed by atoms with Crippen molar-refractivity contribution in [2.24, 2.45) is 0 Å². The number of hydrogen-bond donors (Lipinski definition) is 1. The van der Waals surface area contributed by atoms with Crippen molar-refractivity contribution in [3.8, 4) is 0 Å². The zero-order chi connectivity index (χ0) is 15.9. The Morgan fingerprint density at radius 2 is 2.04 bits per heavy atom. The molecule has 23 heavy (non-hydrogen) atoms. The molecular weight excluding hydrogens is 308 g/mol. The van der Waals surface area contributed by atoms with Gasteiger partial charge in [-0.15, -0.1) is 11.3 Å². The maximum atomic E-state index is 13.4. The average Bonchev–Trinajstić information content (AvgIpc) is 3.25. The van der Waals surface area contributed by atoms with E-state index in [1.54, 1.807) is 17.4 Å². The third-order valence-electron chi connectivity index (χ3n) is 5.24. The number of fused-ring (bicyclic) bond motifs is 1. The number of thiophene rings is 1. The number of nitrogens with zero attached hydrogens (tertiary/aromatic N) is 1.